The SMILES string of the molecule is CCOC(=O)C1(CC)C(=O)Oc2ccccc2N1C(C)C. The van der Waals surface area contributed by atoms with E-state index in [4.69, 9.17) is 9.47 Å². The molecule has 0 aromatic heterocycles. The molecule has 2 rings (SSSR count). The third-order valence-electron chi connectivity index (χ3n) is 3.72. The summed E-state index contributed by atoms with van der Waals surface area (Å²) in [6.07, 6.45) is 0.289. The number of anilines is 1. The van der Waals surface area contributed by atoms with Crippen molar-refractivity contribution in [3.63, 3.8) is 0 Å². The molecular weight excluding hydrogens is 270 g/mol. The number of ether oxygens (including phenoxy) is 2. The Morgan fingerprint density at radius 1 is 1.33 bits per heavy atom. The molecule has 0 spiro atoms. The van der Waals surface area contributed by atoms with Crippen LogP contribution in [0.2, 0.25) is 0 Å². The van der Waals surface area contributed by atoms with Gasteiger partial charge in [-0.2, -0.15) is 0 Å². The Kier molecular flexibility index (Phi) is 4.21. The summed E-state index contributed by atoms with van der Waals surface area (Å²) in [5.41, 5.74) is -0.680. The number of fused-ring (bicyclic) bond motifs is 1. The smallest absolute Gasteiger partial charge is 0.349 e. The summed E-state index contributed by atoms with van der Waals surface area (Å²) in [5.74, 6) is -0.652. The van der Waals surface area contributed by atoms with Gasteiger partial charge in [-0.3, -0.25) is 0 Å². The molecule has 1 aliphatic heterocycles. The fraction of sp³-hybridized carbons (Fsp3) is 0.500. The molecule has 0 aliphatic carbocycles. The van der Waals surface area contributed by atoms with E-state index in [0.717, 1.165) is 5.69 Å². The van der Waals surface area contributed by atoms with Crippen molar-refractivity contribution in [1.82, 2.24) is 0 Å². The van der Waals surface area contributed by atoms with E-state index in [9.17, 15) is 9.59 Å². The molecule has 1 atom stereocenters. The van der Waals surface area contributed by atoms with Gasteiger partial charge < -0.3 is 14.4 Å². The standard InChI is InChI=1S/C16H21NO4/c1-5-16(14(18)20-6-2)15(19)21-13-10-8-7-9-12(13)17(16)11(3)4/h7-11H,5-6H2,1-4H3. The average molecular weight is 291 g/mol. The van der Waals surface area contributed by atoms with Gasteiger partial charge in [0.2, 0.25) is 5.54 Å². The zero-order chi connectivity index (χ0) is 15.6. The first-order chi connectivity index (χ1) is 9.98. The molecule has 1 aromatic rings. The first-order valence-electron chi connectivity index (χ1n) is 7.26. The van der Waals surface area contributed by atoms with Gasteiger partial charge in [0.05, 0.1) is 12.3 Å². The molecule has 0 radical (unpaired) electrons. The van der Waals surface area contributed by atoms with Crippen LogP contribution in [0.25, 0.3) is 0 Å². The lowest BCUT2D eigenvalue weighted by atomic mass is 9.89. The fourth-order valence-electron chi connectivity index (χ4n) is 2.84. The molecule has 1 heterocycles. The van der Waals surface area contributed by atoms with Crippen LogP contribution in [0.5, 0.6) is 5.75 Å². The van der Waals surface area contributed by atoms with E-state index >= 15 is 0 Å². The van der Waals surface area contributed by atoms with E-state index in [2.05, 4.69) is 0 Å². The Bertz CT molecular complexity index is 555. The molecule has 21 heavy (non-hydrogen) atoms. The van der Waals surface area contributed by atoms with Crippen LogP contribution in [0.15, 0.2) is 24.3 Å². The molecule has 0 saturated heterocycles. The molecule has 0 amide bonds. The number of benzene rings is 1. The van der Waals surface area contributed by atoms with Crippen LogP contribution < -0.4 is 9.64 Å². The van der Waals surface area contributed by atoms with Crippen molar-refractivity contribution in [1.29, 1.82) is 0 Å². The number of carbonyl (C=O) groups is 2. The van der Waals surface area contributed by atoms with E-state index in [1.807, 2.05) is 30.9 Å². The molecule has 0 N–H and O–H groups in total. The second kappa shape index (κ2) is 5.76. The molecule has 114 valence electrons. The molecule has 0 fully saturated rings. The van der Waals surface area contributed by atoms with Gasteiger partial charge in [0, 0.05) is 6.04 Å². The Morgan fingerprint density at radius 2 is 2.00 bits per heavy atom. The van der Waals surface area contributed by atoms with E-state index in [0.29, 0.717) is 5.75 Å². The molecule has 5 heteroatoms. The highest BCUT2D eigenvalue weighted by Crippen LogP contribution is 2.42. The van der Waals surface area contributed by atoms with E-state index in [1.165, 1.54) is 0 Å². The van der Waals surface area contributed by atoms with Gasteiger partial charge in [-0.1, -0.05) is 19.1 Å². The van der Waals surface area contributed by atoms with Crippen molar-refractivity contribution in [2.24, 2.45) is 0 Å². The maximum Gasteiger partial charge on any atom is 0.349 e. The number of hydrogen-bond acceptors (Lipinski definition) is 5. The van der Waals surface area contributed by atoms with Crippen LogP contribution in [0.1, 0.15) is 34.1 Å². The van der Waals surface area contributed by atoms with Crippen molar-refractivity contribution in [2.45, 2.75) is 45.7 Å². The lowest BCUT2D eigenvalue weighted by Crippen LogP contribution is -2.66. The lowest BCUT2D eigenvalue weighted by Gasteiger charge is -2.46. The molecule has 5 nitrogen and oxygen atoms in total. The van der Waals surface area contributed by atoms with Gasteiger partial charge in [-0.15, -0.1) is 0 Å². The summed E-state index contributed by atoms with van der Waals surface area (Å²) in [6, 6.07) is 7.19. The Labute approximate surface area is 124 Å². The fourth-order valence-corrected chi connectivity index (χ4v) is 2.84. The summed E-state index contributed by atoms with van der Waals surface area (Å²) in [5, 5.41) is 0. The molecule has 1 aromatic carbocycles. The van der Waals surface area contributed by atoms with E-state index in [-0.39, 0.29) is 19.1 Å². The largest absolute Gasteiger partial charge is 0.464 e. The summed E-state index contributed by atoms with van der Waals surface area (Å²) < 4.78 is 10.6. The zero-order valence-corrected chi connectivity index (χ0v) is 12.9. The number of nitrogens with zero attached hydrogens (tertiary/aromatic N) is 1. The highest BCUT2D eigenvalue weighted by atomic mass is 16.6. The highest BCUT2D eigenvalue weighted by Gasteiger charge is 2.56. The molecule has 1 aliphatic rings. The van der Waals surface area contributed by atoms with Crippen molar-refractivity contribution in [3.05, 3.63) is 24.3 Å². The first-order valence-corrected chi connectivity index (χ1v) is 7.26. The van der Waals surface area contributed by atoms with Crippen molar-refractivity contribution in [3.8, 4) is 5.75 Å². The Hall–Kier alpha value is -2.04. The van der Waals surface area contributed by atoms with Crippen LogP contribution >= 0.6 is 0 Å². The predicted octanol–water partition coefficient (Wildman–Crippen LogP) is 2.53. The van der Waals surface area contributed by atoms with Gasteiger partial charge in [0.1, 0.15) is 0 Å². The van der Waals surface area contributed by atoms with Crippen LogP contribution in [0.4, 0.5) is 5.69 Å². The Morgan fingerprint density at radius 3 is 2.57 bits per heavy atom. The minimum atomic E-state index is -1.42. The second-order valence-corrected chi connectivity index (χ2v) is 5.26. The van der Waals surface area contributed by atoms with Gasteiger partial charge >= 0.3 is 11.9 Å². The molecule has 0 bridgehead atoms. The van der Waals surface area contributed by atoms with Crippen LogP contribution in [-0.2, 0) is 14.3 Å². The summed E-state index contributed by atoms with van der Waals surface area (Å²) >= 11 is 0. The number of para-hydroxylation sites is 2. The predicted molar refractivity (Wildman–Crippen MR) is 79.3 cm³/mol. The number of hydrogen-bond donors (Lipinski definition) is 0. The van der Waals surface area contributed by atoms with E-state index in [1.54, 1.807) is 26.0 Å². The minimum absolute atomic E-state index is 0.0524. The number of carbonyl (C=O) groups excluding carboxylic acids is 2. The summed E-state index contributed by atoms with van der Waals surface area (Å²) in [7, 11) is 0. The summed E-state index contributed by atoms with van der Waals surface area (Å²) in [6.45, 7) is 7.63. The maximum atomic E-state index is 12.6. The van der Waals surface area contributed by atoms with Crippen molar-refractivity contribution < 1.29 is 19.1 Å². The second-order valence-electron chi connectivity index (χ2n) is 5.26. The minimum Gasteiger partial charge on any atom is -0.464 e. The monoisotopic (exact) mass is 291 g/mol. The third kappa shape index (κ3) is 2.26. The van der Waals surface area contributed by atoms with Crippen LogP contribution in [0.3, 0.4) is 0 Å². The quantitative estimate of drug-likeness (QED) is 0.485. The van der Waals surface area contributed by atoms with E-state index < -0.39 is 17.5 Å². The molecule has 1 unspecified atom stereocenters. The third-order valence-corrected chi connectivity index (χ3v) is 3.72. The lowest BCUT2D eigenvalue weighted by molar-refractivity contribution is -0.161. The number of esters is 2. The zero-order valence-electron chi connectivity index (χ0n) is 12.9. The summed E-state index contributed by atoms with van der Waals surface area (Å²) in [4.78, 5) is 26.9. The number of rotatable bonds is 4. The maximum absolute atomic E-state index is 12.6. The van der Waals surface area contributed by atoms with Crippen molar-refractivity contribution >= 4 is 17.6 Å². The van der Waals surface area contributed by atoms with Gasteiger partial charge in [0.15, 0.2) is 5.75 Å². The van der Waals surface area contributed by atoms with Gasteiger partial charge in [-0.05, 0) is 39.3 Å². The Balaban J connectivity index is 2.63. The van der Waals surface area contributed by atoms with Crippen LogP contribution in [-0.4, -0.2) is 30.1 Å². The van der Waals surface area contributed by atoms with Crippen molar-refractivity contribution in [2.75, 3.05) is 11.5 Å². The molecule has 0 saturated carbocycles. The van der Waals surface area contributed by atoms with Crippen LogP contribution in [0, 0.1) is 0 Å². The van der Waals surface area contributed by atoms with Gasteiger partial charge in [-0.25, -0.2) is 9.59 Å². The normalized spacial score (nSPS) is 21.0. The molecular formula is C16H21NO4. The first kappa shape index (κ1) is 15.4. The van der Waals surface area contributed by atoms with Gasteiger partial charge in [0.25, 0.3) is 0 Å². The topological polar surface area (TPSA) is 55.8 Å². The highest BCUT2D eigenvalue weighted by molar-refractivity contribution is 6.11. The average Bonchev–Trinajstić information content (AvgIpc) is 2.45.